The zero-order valence-corrected chi connectivity index (χ0v) is 11.6. The lowest BCUT2D eigenvalue weighted by molar-refractivity contribution is 0.250. The van der Waals surface area contributed by atoms with E-state index in [1.165, 1.54) is 12.8 Å². The topological polar surface area (TPSA) is 67.1 Å². The molecule has 0 saturated heterocycles. The molecule has 1 aliphatic carbocycles. The fraction of sp³-hybridized carbons (Fsp3) is 0.533. The third kappa shape index (κ3) is 4.24. The van der Waals surface area contributed by atoms with Gasteiger partial charge in [0.2, 0.25) is 0 Å². The number of benzene rings is 1. The summed E-state index contributed by atoms with van der Waals surface area (Å²) in [7, 11) is 0. The Morgan fingerprint density at radius 2 is 2.16 bits per heavy atom. The van der Waals surface area contributed by atoms with Gasteiger partial charge in [-0.15, -0.1) is 0 Å². The summed E-state index contributed by atoms with van der Waals surface area (Å²) in [6.07, 6.45) is 2.61. The normalized spacial score (nSPS) is 17.6. The Morgan fingerprint density at radius 1 is 1.42 bits per heavy atom. The summed E-state index contributed by atoms with van der Waals surface area (Å²) < 4.78 is 0. The molecule has 1 saturated carbocycles. The fourth-order valence-corrected chi connectivity index (χ4v) is 2.16. The van der Waals surface area contributed by atoms with Crippen LogP contribution in [-0.2, 0) is 0 Å². The van der Waals surface area contributed by atoms with Gasteiger partial charge in [-0.25, -0.2) is 4.79 Å². The number of carbonyl (C=O) groups is 1. The van der Waals surface area contributed by atoms with Crippen molar-refractivity contribution in [3.63, 3.8) is 0 Å². The zero-order chi connectivity index (χ0) is 13.8. The molecule has 2 atom stereocenters. The van der Waals surface area contributed by atoms with E-state index in [4.69, 9.17) is 5.73 Å². The van der Waals surface area contributed by atoms with Crippen LogP contribution in [0.4, 0.5) is 10.5 Å². The SMILES string of the molecule is CC(N)c1cccc(NC(=O)NCC(C)C2CC2)c1. The molecule has 0 aliphatic heterocycles. The van der Waals surface area contributed by atoms with Gasteiger partial charge >= 0.3 is 6.03 Å². The lowest BCUT2D eigenvalue weighted by Crippen LogP contribution is -2.32. The summed E-state index contributed by atoms with van der Waals surface area (Å²) >= 11 is 0. The zero-order valence-electron chi connectivity index (χ0n) is 11.6. The summed E-state index contributed by atoms with van der Waals surface area (Å²) in [5, 5.41) is 5.77. The lowest BCUT2D eigenvalue weighted by Gasteiger charge is -2.13. The van der Waals surface area contributed by atoms with Crippen molar-refractivity contribution >= 4 is 11.7 Å². The molecule has 0 heterocycles. The third-order valence-electron chi connectivity index (χ3n) is 3.68. The summed E-state index contributed by atoms with van der Waals surface area (Å²) in [4.78, 5) is 11.8. The van der Waals surface area contributed by atoms with Crippen molar-refractivity contribution in [1.29, 1.82) is 0 Å². The Hall–Kier alpha value is -1.55. The van der Waals surface area contributed by atoms with Gasteiger partial charge < -0.3 is 16.4 Å². The minimum atomic E-state index is -0.144. The number of nitrogens with two attached hydrogens (primary N) is 1. The number of anilines is 1. The number of amides is 2. The van der Waals surface area contributed by atoms with E-state index in [1.54, 1.807) is 0 Å². The van der Waals surface area contributed by atoms with Crippen LogP contribution in [0.5, 0.6) is 0 Å². The maximum absolute atomic E-state index is 11.8. The highest BCUT2D eigenvalue weighted by Gasteiger charge is 2.27. The molecule has 0 aromatic heterocycles. The fourth-order valence-electron chi connectivity index (χ4n) is 2.16. The van der Waals surface area contributed by atoms with Crippen molar-refractivity contribution in [3.05, 3.63) is 29.8 Å². The van der Waals surface area contributed by atoms with Gasteiger partial charge in [0.05, 0.1) is 0 Å². The Labute approximate surface area is 114 Å². The van der Waals surface area contributed by atoms with Gasteiger partial charge in [-0.1, -0.05) is 19.1 Å². The van der Waals surface area contributed by atoms with Gasteiger partial charge in [-0.2, -0.15) is 0 Å². The molecule has 1 aliphatic rings. The molecule has 2 amide bonds. The molecule has 4 N–H and O–H groups in total. The van der Waals surface area contributed by atoms with E-state index in [2.05, 4.69) is 17.6 Å². The second-order valence-electron chi connectivity index (χ2n) is 5.56. The van der Waals surface area contributed by atoms with Crippen LogP contribution in [0.2, 0.25) is 0 Å². The molecule has 104 valence electrons. The standard InChI is InChI=1S/C15H23N3O/c1-10(12-6-7-12)9-17-15(19)18-14-5-3-4-13(8-14)11(2)16/h3-5,8,10-12H,6-7,9,16H2,1-2H3,(H2,17,18,19). The highest BCUT2D eigenvalue weighted by Crippen LogP contribution is 2.36. The van der Waals surface area contributed by atoms with Crippen LogP contribution < -0.4 is 16.4 Å². The van der Waals surface area contributed by atoms with Crippen LogP contribution in [-0.4, -0.2) is 12.6 Å². The van der Waals surface area contributed by atoms with E-state index in [-0.39, 0.29) is 12.1 Å². The number of hydrogen-bond acceptors (Lipinski definition) is 2. The smallest absolute Gasteiger partial charge is 0.319 e. The minimum Gasteiger partial charge on any atom is -0.338 e. The van der Waals surface area contributed by atoms with E-state index in [0.717, 1.165) is 23.7 Å². The van der Waals surface area contributed by atoms with E-state index in [1.807, 2.05) is 31.2 Å². The van der Waals surface area contributed by atoms with Crippen molar-refractivity contribution in [2.75, 3.05) is 11.9 Å². The van der Waals surface area contributed by atoms with Crippen LogP contribution in [0.25, 0.3) is 0 Å². The molecule has 1 aromatic rings. The maximum Gasteiger partial charge on any atom is 0.319 e. The number of nitrogens with one attached hydrogen (secondary N) is 2. The molecular formula is C15H23N3O. The predicted molar refractivity (Wildman–Crippen MR) is 78.0 cm³/mol. The number of rotatable bonds is 5. The van der Waals surface area contributed by atoms with Crippen LogP contribution in [0.15, 0.2) is 24.3 Å². The molecule has 2 unspecified atom stereocenters. The maximum atomic E-state index is 11.8. The Bertz CT molecular complexity index is 441. The molecule has 4 nitrogen and oxygen atoms in total. The summed E-state index contributed by atoms with van der Waals surface area (Å²) in [6.45, 7) is 4.86. The van der Waals surface area contributed by atoms with Crippen molar-refractivity contribution < 1.29 is 4.79 Å². The molecule has 0 bridgehead atoms. The Kier molecular flexibility index (Phi) is 4.43. The number of carbonyl (C=O) groups excluding carboxylic acids is 1. The van der Waals surface area contributed by atoms with E-state index in [9.17, 15) is 4.79 Å². The van der Waals surface area contributed by atoms with Gasteiger partial charge in [0.15, 0.2) is 0 Å². The van der Waals surface area contributed by atoms with Gasteiger partial charge in [0.1, 0.15) is 0 Å². The predicted octanol–water partition coefficient (Wildman–Crippen LogP) is 2.87. The molecule has 0 radical (unpaired) electrons. The monoisotopic (exact) mass is 261 g/mol. The van der Waals surface area contributed by atoms with E-state index in [0.29, 0.717) is 5.92 Å². The first-order chi connectivity index (χ1) is 9.06. The van der Waals surface area contributed by atoms with Crippen LogP contribution in [0.3, 0.4) is 0 Å². The van der Waals surface area contributed by atoms with Crippen molar-refractivity contribution in [2.24, 2.45) is 17.6 Å². The van der Waals surface area contributed by atoms with Crippen LogP contribution in [0, 0.1) is 11.8 Å². The average molecular weight is 261 g/mol. The van der Waals surface area contributed by atoms with Crippen molar-refractivity contribution in [1.82, 2.24) is 5.32 Å². The van der Waals surface area contributed by atoms with E-state index >= 15 is 0 Å². The first-order valence-corrected chi connectivity index (χ1v) is 6.96. The molecule has 0 spiro atoms. The number of urea groups is 1. The molecule has 4 heteroatoms. The molecule has 1 fully saturated rings. The Balaban J connectivity index is 1.82. The lowest BCUT2D eigenvalue weighted by atomic mass is 10.1. The highest BCUT2D eigenvalue weighted by atomic mass is 16.2. The summed E-state index contributed by atoms with van der Waals surface area (Å²) in [5.41, 5.74) is 7.63. The van der Waals surface area contributed by atoms with Gasteiger partial charge in [0, 0.05) is 18.3 Å². The molecule has 19 heavy (non-hydrogen) atoms. The Morgan fingerprint density at radius 3 is 2.79 bits per heavy atom. The molecule has 1 aromatic carbocycles. The van der Waals surface area contributed by atoms with Gasteiger partial charge in [-0.3, -0.25) is 0 Å². The van der Waals surface area contributed by atoms with Crippen LogP contribution >= 0.6 is 0 Å². The second kappa shape index (κ2) is 6.06. The van der Waals surface area contributed by atoms with Gasteiger partial charge in [-0.05, 0) is 49.3 Å². The van der Waals surface area contributed by atoms with Crippen LogP contribution in [0.1, 0.15) is 38.3 Å². The van der Waals surface area contributed by atoms with Gasteiger partial charge in [0.25, 0.3) is 0 Å². The first-order valence-electron chi connectivity index (χ1n) is 6.96. The van der Waals surface area contributed by atoms with E-state index < -0.39 is 0 Å². The first kappa shape index (κ1) is 13.9. The quantitative estimate of drug-likeness (QED) is 0.763. The molecule has 2 rings (SSSR count). The number of hydrogen-bond donors (Lipinski definition) is 3. The summed E-state index contributed by atoms with van der Waals surface area (Å²) in [5.74, 6) is 1.38. The van der Waals surface area contributed by atoms with Crippen molar-refractivity contribution in [3.8, 4) is 0 Å². The minimum absolute atomic E-state index is 0.0281. The third-order valence-corrected chi connectivity index (χ3v) is 3.68. The molecular weight excluding hydrogens is 238 g/mol. The summed E-state index contributed by atoms with van der Waals surface area (Å²) in [6, 6.07) is 7.48. The highest BCUT2D eigenvalue weighted by molar-refractivity contribution is 5.89. The van der Waals surface area contributed by atoms with Crippen molar-refractivity contribution in [2.45, 2.75) is 32.7 Å². The largest absolute Gasteiger partial charge is 0.338 e. The average Bonchev–Trinajstić information content (AvgIpc) is 3.20. The second-order valence-corrected chi connectivity index (χ2v) is 5.56.